The van der Waals surface area contributed by atoms with Crippen LogP contribution in [-0.2, 0) is 6.42 Å². The van der Waals surface area contributed by atoms with Crippen molar-refractivity contribution >= 4 is 33.6 Å². The Labute approximate surface area is 185 Å². The smallest absolute Gasteiger partial charge is 0.404 e. The SMILES string of the molecule is CC(C)CN(C[C@@H](O)C(Cc1ccccc1)NC(=O)O)C(=O)c1ccc2ncsc2c1. The summed E-state index contributed by atoms with van der Waals surface area (Å²) in [6.45, 7) is 4.46. The molecule has 7 nitrogen and oxygen atoms in total. The van der Waals surface area contributed by atoms with Crippen molar-refractivity contribution in [2.24, 2.45) is 5.92 Å². The van der Waals surface area contributed by atoms with E-state index in [4.69, 9.17) is 0 Å². The Morgan fingerprint density at radius 1 is 1.13 bits per heavy atom. The summed E-state index contributed by atoms with van der Waals surface area (Å²) in [5.41, 5.74) is 4.00. The van der Waals surface area contributed by atoms with Crippen molar-refractivity contribution in [3.8, 4) is 0 Å². The van der Waals surface area contributed by atoms with Crippen molar-refractivity contribution in [3.63, 3.8) is 0 Å². The van der Waals surface area contributed by atoms with E-state index in [1.54, 1.807) is 16.5 Å². The first kappa shape index (κ1) is 22.7. The van der Waals surface area contributed by atoms with Gasteiger partial charge in [-0.2, -0.15) is 0 Å². The van der Waals surface area contributed by atoms with Gasteiger partial charge >= 0.3 is 6.09 Å². The molecule has 31 heavy (non-hydrogen) atoms. The number of nitrogens with one attached hydrogen (secondary N) is 1. The number of fused-ring (bicyclic) bond motifs is 1. The zero-order chi connectivity index (χ0) is 22.4. The van der Waals surface area contributed by atoms with Crippen LogP contribution in [0.5, 0.6) is 0 Å². The molecule has 2 amide bonds. The van der Waals surface area contributed by atoms with Crippen LogP contribution in [0.25, 0.3) is 10.2 Å². The number of carbonyl (C=O) groups excluding carboxylic acids is 1. The third kappa shape index (κ3) is 6.26. The Kier molecular flexibility index (Phi) is 7.59. The van der Waals surface area contributed by atoms with Crippen molar-refractivity contribution in [1.82, 2.24) is 15.2 Å². The molecule has 1 aromatic heterocycles. The van der Waals surface area contributed by atoms with E-state index in [1.807, 2.05) is 56.3 Å². The Morgan fingerprint density at radius 2 is 1.87 bits per heavy atom. The number of amides is 2. The average Bonchev–Trinajstić information content (AvgIpc) is 3.20. The Bertz CT molecular complexity index is 1020. The molecule has 0 radical (unpaired) electrons. The zero-order valence-corrected chi connectivity index (χ0v) is 18.4. The van der Waals surface area contributed by atoms with Gasteiger partial charge in [-0.05, 0) is 36.1 Å². The molecule has 3 rings (SSSR count). The van der Waals surface area contributed by atoms with Gasteiger partial charge in [0.25, 0.3) is 5.91 Å². The van der Waals surface area contributed by atoms with Crippen LogP contribution >= 0.6 is 11.3 Å². The quantitative estimate of drug-likeness (QED) is 0.471. The lowest BCUT2D eigenvalue weighted by Gasteiger charge is -2.31. The number of thiazole rings is 1. The number of aromatic nitrogens is 1. The molecule has 0 aliphatic rings. The van der Waals surface area contributed by atoms with Gasteiger partial charge in [-0.15, -0.1) is 11.3 Å². The van der Waals surface area contributed by atoms with Crippen molar-refractivity contribution in [3.05, 3.63) is 65.2 Å². The van der Waals surface area contributed by atoms with Gasteiger partial charge < -0.3 is 20.4 Å². The van der Waals surface area contributed by atoms with E-state index in [0.717, 1.165) is 15.8 Å². The molecule has 0 aliphatic carbocycles. The lowest BCUT2D eigenvalue weighted by molar-refractivity contribution is 0.0509. The molecule has 0 saturated carbocycles. The molecule has 0 bridgehead atoms. The third-order valence-corrected chi connectivity index (χ3v) is 5.72. The van der Waals surface area contributed by atoms with Gasteiger partial charge in [-0.1, -0.05) is 44.2 Å². The van der Waals surface area contributed by atoms with Crippen LogP contribution in [-0.4, -0.2) is 57.3 Å². The molecule has 8 heteroatoms. The lowest BCUT2D eigenvalue weighted by atomic mass is 10.00. The number of nitrogens with zero attached hydrogens (tertiary/aromatic N) is 2. The highest BCUT2D eigenvalue weighted by Gasteiger charge is 2.27. The van der Waals surface area contributed by atoms with Gasteiger partial charge in [0.05, 0.1) is 27.9 Å². The van der Waals surface area contributed by atoms with Crippen LogP contribution < -0.4 is 5.32 Å². The molecule has 0 fully saturated rings. The van der Waals surface area contributed by atoms with Gasteiger partial charge in [0.2, 0.25) is 0 Å². The fourth-order valence-corrected chi connectivity index (χ4v) is 4.23. The predicted octanol–water partition coefficient (Wildman–Crippen LogP) is 3.63. The topological polar surface area (TPSA) is 103 Å². The second-order valence-electron chi connectivity index (χ2n) is 7.95. The van der Waals surface area contributed by atoms with Gasteiger partial charge in [0.1, 0.15) is 0 Å². The number of hydrogen-bond acceptors (Lipinski definition) is 5. The number of aliphatic hydroxyl groups is 1. The number of hydrogen-bond donors (Lipinski definition) is 3. The van der Waals surface area contributed by atoms with Gasteiger partial charge in [-0.25, -0.2) is 9.78 Å². The highest BCUT2D eigenvalue weighted by Crippen LogP contribution is 2.21. The second kappa shape index (κ2) is 10.4. The summed E-state index contributed by atoms with van der Waals surface area (Å²) in [7, 11) is 0. The van der Waals surface area contributed by atoms with Gasteiger partial charge in [0.15, 0.2) is 0 Å². The van der Waals surface area contributed by atoms with E-state index in [2.05, 4.69) is 10.3 Å². The number of carboxylic acid groups (broad SMARTS) is 1. The summed E-state index contributed by atoms with van der Waals surface area (Å²) in [5, 5.41) is 22.6. The van der Waals surface area contributed by atoms with Crippen LogP contribution in [0.3, 0.4) is 0 Å². The van der Waals surface area contributed by atoms with E-state index in [1.165, 1.54) is 11.3 Å². The summed E-state index contributed by atoms with van der Waals surface area (Å²) in [6, 6.07) is 14.0. The molecule has 1 unspecified atom stereocenters. The molecule has 2 atom stereocenters. The highest BCUT2D eigenvalue weighted by atomic mass is 32.1. The number of rotatable bonds is 9. The molecule has 1 heterocycles. The van der Waals surface area contributed by atoms with E-state index >= 15 is 0 Å². The van der Waals surface area contributed by atoms with Crippen LogP contribution in [0.1, 0.15) is 29.8 Å². The fraction of sp³-hybridized carbons (Fsp3) is 0.348. The molecule has 0 spiro atoms. The molecule has 3 aromatic rings. The van der Waals surface area contributed by atoms with E-state index in [9.17, 15) is 19.8 Å². The first-order valence-corrected chi connectivity index (χ1v) is 11.1. The van der Waals surface area contributed by atoms with Crippen molar-refractivity contribution in [1.29, 1.82) is 0 Å². The maximum absolute atomic E-state index is 13.2. The first-order valence-electron chi connectivity index (χ1n) is 10.2. The number of benzene rings is 2. The second-order valence-corrected chi connectivity index (χ2v) is 8.84. The largest absolute Gasteiger partial charge is 0.465 e. The normalized spacial score (nSPS) is 13.2. The van der Waals surface area contributed by atoms with Crippen LogP contribution in [0, 0.1) is 5.92 Å². The maximum Gasteiger partial charge on any atom is 0.404 e. The Balaban J connectivity index is 1.79. The van der Waals surface area contributed by atoms with E-state index in [0.29, 0.717) is 18.5 Å². The minimum Gasteiger partial charge on any atom is -0.465 e. The summed E-state index contributed by atoms with van der Waals surface area (Å²) < 4.78 is 0.922. The number of carbonyl (C=O) groups is 2. The van der Waals surface area contributed by atoms with Crippen molar-refractivity contribution < 1.29 is 19.8 Å². The highest BCUT2D eigenvalue weighted by molar-refractivity contribution is 7.16. The Hall–Kier alpha value is -2.97. The molecular weight excluding hydrogens is 414 g/mol. The summed E-state index contributed by atoms with van der Waals surface area (Å²) in [5.74, 6) is -0.0138. The summed E-state index contributed by atoms with van der Waals surface area (Å²) >= 11 is 1.46. The summed E-state index contributed by atoms with van der Waals surface area (Å²) in [4.78, 5) is 30.4. The minimum absolute atomic E-state index is 0.0233. The van der Waals surface area contributed by atoms with E-state index < -0.39 is 18.2 Å². The van der Waals surface area contributed by atoms with Gasteiger partial charge in [-0.3, -0.25) is 4.79 Å². The average molecular weight is 442 g/mol. The molecular formula is C23H27N3O4S. The number of aliphatic hydroxyl groups excluding tert-OH is 1. The van der Waals surface area contributed by atoms with Crippen LogP contribution in [0.2, 0.25) is 0 Å². The Morgan fingerprint density at radius 3 is 2.55 bits per heavy atom. The van der Waals surface area contributed by atoms with Crippen LogP contribution in [0.4, 0.5) is 4.79 Å². The third-order valence-electron chi connectivity index (χ3n) is 4.93. The van der Waals surface area contributed by atoms with Crippen molar-refractivity contribution in [2.45, 2.75) is 32.4 Å². The minimum atomic E-state index is -1.21. The maximum atomic E-state index is 13.2. The predicted molar refractivity (Wildman–Crippen MR) is 121 cm³/mol. The molecule has 164 valence electrons. The summed E-state index contributed by atoms with van der Waals surface area (Å²) in [6.07, 6.45) is -1.95. The molecule has 0 saturated heterocycles. The molecule has 2 aromatic carbocycles. The molecule has 0 aliphatic heterocycles. The molecule has 3 N–H and O–H groups in total. The van der Waals surface area contributed by atoms with Crippen molar-refractivity contribution in [2.75, 3.05) is 13.1 Å². The van der Waals surface area contributed by atoms with Crippen LogP contribution in [0.15, 0.2) is 54.0 Å². The zero-order valence-electron chi connectivity index (χ0n) is 17.6. The lowest BCUT2D eigenvalue weighted by Crippen LogP contribution is -2.50. The fourth-order valence-electron chi connectivity index (χ4n) is 3.51. The standard InChI is InChI=1S/C23H27N3O4S/c1-15(2)12-26(22(28)17-8-9-18-21(11-17)31-14-24-18)13-20(27)19(25-23(29)30)10-16-6-4-3-5-7-16/h3-9,11,14-15,19-20,25,27H,10,12-13H2,1-2H3,(H,29,30)/t19?,20-/m1/s1. The van der Waals surface area contributed by atoms with E-state index in [-0.39, 0.29) is 18.4 Å². The monoisotopic (exact) mass is 441 g/mol. The van der Waals surface area contributed by atoms with Gasteiger partial charge in [0, 0.05) is 18.7 Å². The first-order chi connectivity index (χ1) is 14.8.